The molecule has 1 aromatic carbocycles. The molecule has 0 radical (unpaired) electrons. The van der Waals surface area contributed by atoms with Gasteiger partial charge in [-0.15, -0.1) is 0 Å². The van der Waals surface area contributed by atoms with E-state index in [2.05, 4.69) is 11.1 Å². The van der Waals surface area contributed by atoms with E-state index in [-0.39, 0.29) is 24.0 Å². The van der Waals surface area contributed by atoms with E-state index in [1.807, 2.05) is 0 Å². The molecule has 34 heavy (non-hydrogen) atoms. The van der Waals surface area contributed by atoms with Crippen LogP contribution in [0.4, 0.5) is 10.2 Å². The lowest BCUT2D eigenvalue weighted by molar-refractivity contribution is 0.227. The van der Waals surface area contributed by atoms with Crippen LogP contribution in [-0.4, -0.2) is 29.0 Å². The molecule has 1 saturated carbocycles. The second-order valence-corrected chi connectivity index (χ2v) is 8.21. The van der Waals surface area contributed by atoms with Crippen molar-refractivity contribution in [2.45, 2.75) is 38.3 Å². The second kappa shape index (κ2) is 9.75. The van der Waals surface area contributed by atoms with Crippen LogP contribution in [0, 0.1) is 17.1 Å². The van der Waals surface area contributed by atoms with Crippen molar-refractivity contribution in [1.82, 2.24) is 4.98 Å². The van der Waals surface area contributed by atoms with Crippen molar-refractivity contribution >= 4 is 17.2 Å². The number of nitrogens with zero attached hydrogens (tertiary/aromatic N) is 4. The molecule has 1 fully saturated rings. The maximum Gasteiger partial charge on any atom is 0.166 e. The zero-order valence-electron chi connectivity index (χ0n) is 18.8. The number of allylic oxidation sites excluding steroid dienone is 1. The largest absolute Gasteiger partial charge is 0.482 e. The van der Waals surface area contributed by atoms with E-state index in [1.54, 1.807) is 25.3 Å². The molecule has 9 heteroatoms. The predicted molar refractivity (Wildman–Crippen MR) is 130 cm³/mol. The number of anilines is 1. The molecule has 4 rings (SSSR count). The van der Waals surface area contributed by atoms with Crippen LogP contribution in [0.15, 0.2) is 64.0 Å². The van der Waals surface area contributed by atoms with E-state index in [0.717, 1.165) is 19.3 Å². The van der Waals surface area contributed by atoms with Crippen LogP contribution < -0.4 is 21.9 Å². The Morgan fingerprint density at radius 1 is 1.29 bits per heavy atom. The van der Waals surface area contributed by atoms with Crippen molar-refractivity contribution in [1.29, 1.82) is 5.26 Å². The third-order valence-electron chi connectivity index (χ3n) is 6.01. The fourth-order valence-corrected chi connectivity index (χ4v) is 3.92. The van der Waals surface area contributed by atoms with Crippen LogP contribution in [-0.2, 0) is 0 Å². The number of nitrogens with two attached hydrogens (primary N) is 3. The van der Waals surface area contributed by atoms with Crippen molar-refractivity contribution in [3.63, 3.8) is 0 Å². The standard InChI is InChI=1S/C25H26FN7O/c1-14-21-8-18(26)5-6-20(21)24(16(9-27)10-28)31-13-17(11-29)23(33-19-3-2-4-19)15-7-22(34-14)25(30)32-12-15/h5-9,11-12,14,19H,2-4,13,27,29H2,1H3,(H2,30,32). The highest BCUT2D eigenvalue weighted by Gasteiger charge is 2.24. The number of hydrogen-bond acceptors (Lipinski definition) is 8. The van der Waals surface area contributed by atoms with Crippen LogP contribution in [0.25, 0.3) is 0 Å². The SMILES string of the molecule is CC1Oc2cc(cnc2N)C(=NC2CCC2)C(=CN)CN=C(C(C#N)=CN)c2ccc(F)cc21. The first-order valence-electron chi connectivity index (χ1n) is 11.0. The lowest BCUT2D eigenvalue weighted by Crippen LogP contribution is -2.22. The average Bonchev–Trinajstić information content (AvgIpc) is 2.80. The molecule has 6 N–H and O–H groups in total. The third-order valence-corrected chi connectivity index (χ3v) is 6.01. The summed E-state index contributed by atoms with van der Waals surface area (Å²) >= 11 is 0. The molecular weight excluding hydrogens is 433 g/mol. The Morgan fingerprint density at radius 2 is 2.09 bits per heavy atom. The van der Waals surface area contributed by atoms with Gasteiger partial charge in [0.2, 0.25) is 0 Å². The monoisotopic (exact) mass is 459 g/mol. The molecule has 8 nitrogen and oxygen atoms in total. The zero-order chi connectivity index (χ0) is 24.2. The third kappa shape index (κ3) is 4.48. The molecule has 0 amide bonds. The first-order chi connectivity index (χ1) is 16.4. The molecule has 1 unspecified atom stereocenters. The van der Waals surface area contributed by atoms with Gasteiger partial charge < -0.3 is 21.9 Å². The van der Waals surface area contributed by atoms with E-state index in [0.29, 0.717) is 39.4 Å². The minimum Gasteiger partial charge on any atom is -0.482 e. The summed E-state index contributed by atoms with van der Waals surface area (Å²) in [5.41, 5.74) is 21.3. The molecule has 2 bridgehead atoms. The van der Waals surface area contributed by atoms with E-state index in [9.17, 15) is 9.65 Å². The van der Waals surface area contributed by atoms with Crippen LogP contribution >= 0.6 is 0 Å². The normalized spacial score (nSPS) is 21.4. The number of fused-ring (bicyclic) bond motifs is 3. The van der Waals surface area contributed by atoms with Crippen molar-refractivity contribution < 1.29 is 9.13 Å². The summed E-state index contributed by atoms with van der Waals surface area (Å²) in [5, 5.41) is 9.71. The summed E-state index contributed by atoms with van der Waals surface area (Å²) in [5.74, 6) is 0.0837. The molecule has 1 aliphatic heterocycles. The first kappa shape index (κ1) is 23.0. The summed E-state index contributed by atoms with van der Waals surface area (Å²) in [4.78, 5) is 13.9. The Kier molecular flexibility index (Phi) is 6.59. The summed E-state index contributed by atoms with van der Waals surface area (Å²) in [6.45, 7) is 1.89. The van der Waals surface area contributed by atoms with Gasteiger partial charge >= 0.3 is 0 Å². The Hall–Kier alpha value is -4.19. The van der Waals surface area contributed by atoms with Gasteiger partial charge in [-0.1, -0.05) is 0 Å². The highest BCUT2D eigenvalue weighted by molar-refractivity contribution is 6.17. The highest BCUT2D eigenvalue weighted by Crippen LogP contribution is 2.32. The van der Waals surface area contributed by atoms with E-state index >= 15 is 0 Å². The Bertz CT molecular complexity index is 1270. The molecule has 1 aromatic heterocycles. The smallest absolute Gasteiger partial charge is 0.166 e. The number of ether oxygens (including phenoxy) is 1. The number of rotatable bonds is 2. The second-order valence-electron chi connectivity index (χ2n) is 8.21. The topological polar surface area (TPSA) is 149 Å². The summed E-state index contributed by atoms with van der Waals surface area (Å²) in [6.07, 6.45) is 6.73. The minimum atomic E-state index is -0.635. The molecule has 0 saturated heterocycles. The van der Waals surface area contributed by atoms with Gasteiger partial charge in [-0.2, -0.15) is 5.26 Å². The lowest BCUT2D eigenvalue weighted by Gasteiger charge is -2.25. The number of nitrogen functional groups attached to an aromatic ring is 1. The Balaban J connectivity index is 1.97. The summed E-state index contributed by atoms with van der Waals surface area (Å²) in [6, 6.07) is 8.24. The Morgan fingerprint density at radius 3 is 2.74 bits per heavy atom. The molecule has 2 heterocycles. The predicted octanol–water partition coefficient (Wildman–Crippen LogP) is 3.30. The number of hydrogen-bond donors (Lipinski definition) is 3. The Labute approximate surface area is 197 Å². The number of aliphatic imine (C=N–C) groups is 2. The van der Waals surface area contributed by atoms with Gasteiger partial charge in [0.05, 0.1) is 29.6 Å². The molecule has 2 aromatic rings. The van der Waals surface area contributed by atoms with Crippen LogP contribution in [0.5, 0.6) is 5.75 Å². The van der Waals surface area contributed by atoms with Gasteiger partial charge in [0.25, 0.3) is 0 Å². The van der Waals surface area contributed by atoms with E-state index < -0.39 is 11.9 Å². The van der Waals surface area contributed by atoms with Crippen LogP contribution in [0.2, 0.25) is 0 Å². The maximum absolute atomic E-state index is 14.3. The quantitative estimate of drug-likeness (QED) is 0.587. The fraction of sp³-hybridized carbons (Fsp3) is 0.280. The van der Waals surface area contributed by atoms with Crippen molar-refractivity contribution in [3.05, 3.63) is 76.5 Å². The first-order valence-corrected chi connectivity index (χ1v) is 11.0. The molecule has 1 atom stereocenters. The summed E-state index contributed by atoms with van der Waals surface area (Å²) in [7, 11) is 0. The minimum absolute atomic E-state index is 0.127. The number of nitriles is 1. The molecule has 2 aliphatic rings. The van der Waals surface area contributed by atoms with Crippen LogP contribution in [0.1, 0.15) is 49.0 Å². The number of aromatic nitrogens is 1. The summed E-state index contributed by atoms with van der Waals surface area (Å²) < 4.78 is 20.4. The number of benzene rings is 1. The zero-order valence-corrected chi connectivity index (χ0v) is 18.8. The molecule has 1 aliphatic carbocycles. The van der Waals surface area contributed by atoms with Gasteiger partial charge in [0, 0.05) is 40.9 Å². The van der Waals surface area contributed by atoms with E-state index in [4.69, 9.17) is 31.9 Å². The van der Waals surface area contributed by atoms with Crippen molar-refractivity contribution in [2.24, 2.45) is 21.5 Å². The lowest BCUT2D eigenvalue weighted by atomic mass is 9.92. The van der Waals surface area contributed by atoms with Gasteiger partial charge in [-0.25, -0.2) is 9.37 Å². The van der Waals surface area contributed by atoms with Gasteiger partial charge in [0.15, 0.2) is 11.6 Å². The number of halogens is 1. The molecule has 174 valence electrons. The van der Waals surface area contributed by atoms with Crippen molar-refractivity contribution in [3.8, 4) is 11.8 Å². The average molecular weight is 460 g/mol. The van der Waals surface area contributed by atoms with Gasteiger partial charge in [0.1, 0.15) is 18.0 Å². The maximum atomic E-state index is 14.3. The van der Waals surface area contributed by atoms with Crippen LogP contribution in [0.3, 0.4) is 0 Å². The highest BCUT2D eigenvalue weighted by atomic mass is 19.1. The van der Waals surface area contributed by atoms with Gasteiger partial charge in [-0.05, 0) is 50.5 Å². The van der Waals surface area contributed by atoms with E-state index in [1.165, 1.54) is 24.5 Å². The van der Waals surface area contributed by atoms with Gasteiger partial charge in [-0.3, -0.25) is 9.98 Å². The molecule has 0 spiro atoms. The fourth-order valence-electron chi connectivity index (χ4n) is 3.92. The molecular formula is C25H26FN7O. The number of pyridine rings is 1. The van der Waals surface area contributed by atoms with Crippen molar-refractivity contribution in [2.75, 3.05) is 12.3 Å².